The lowest BCUT2D eigenvalue weighted by atomic mass is 10.0. The predicted molar refractivity (Wildman–Crippen MR) is 109 cm³/mol. The zero-order chi connectivity index (χ0) is 19.7. The number of fused-ring (bicyclic) bond motifs is 1. The molecule has 0 spiro atoms. The Bertz CT molecular complexity index is 999. The average Bonchev–Trinajstić information content (AvgIpc) is 3.24. The van der Waals surface area contributed by atoms with E-state index in [2.05, 4.69) is 44.6 Å². The Morgan fingerprint density at radius 3 is 2.89 bits per heavy atom. The van der Waals surface area contributed by atoms with Crippen molar-refractivity contribution in [1.82, 2.24) is 30.0 Å². The molecular formula is C20H25N7O. The molecule has 2 atom stereocenters. The molecule has 1 saturated heterocycles. The molecule has 0 radical (unpaired) electrons. The Hall–Kier alpha value is -3.00. The number of hydrogen-bond acceptors (Lipinski definition) is 5. The van der Waals surface area contributed by atoms with Gasteiger partial charge in [0.2, 0.25) is 0 Å². The highest BCUT2D eigenvalue weighted by Gasteiger charge is 2.30. The first-order valence-corrected chi connectivity index (χ1v) is 9.56. The fourth-order valence-corrected chi connectivity index (χ4v) is 3.85. The van der Waals surface area contributed by atoms with E-state index in [4.69, 9.17) is 0 Å². The maximum atomic E-state index is 12.4. The van der Waals surface area contributed by atoms with Crippen LogP contribution in [0.3, 0.4) is 0 Å². The summed E-state index contributed by atoms with van der Waals surface area (Å²) in [4.78, 5) is 23.3. The van der Waals surface area contributed by atoms with Gasteiger partial charge in [-0.1, -0.05) is 13.3 Å². The third-order valence-corrected chi connectivity index (χ3v) is 5.29. The number of carbonyl (C=O) groups excluding carboxylic acids is 1. The SMILES string of the molecule is CC[C@@H]1CN(C)C[C@H]1NC(=O)Nc1cc2cnn(-c3ccnc(C)c3)c2cn1. The number of rotatable bonds is 4. The predicted octanol–water partition coefficient (Wildman–Crippen LogP) is 2.59. The zero-order valence-electron chi connectivity index (χ0n) is 16.4. The van der Waals surface area contributed by atoms with Crippen LogP contribution in [0.25, 0.3) is 16.6 Å². The maximum absolute atomic E-state index is 12.4. The van der Waals surface area contributed by atoms with Crippen LogP contribution in [-0.2, 0) is 0 Å². The summed E-state index contributed by atoms with van der Waals surface area (Å²) >= 11 is 0. The number of likely N-dealkylation sites (tertiary alicyclic amines) is 1. The van der Waals surface area contributed by atoms with Crippen LogP contribution in [0.15, 0.2) is 36.8 Å². The van der Waals surface area contributed by atoms with Gasteiger partial charge in [-0.15, -0.1) is 0 Å². The van der Waals surface area contributed by atoms with E-state index in [0.717, 1.165) is 41.8 Å². The topological polar surface area (TPSA) is 88.0 Å². The lowest BCUT2D eigenvalue weighted by Crippen LogP contribution is -2.42. The average molecular weight is 379 g/mol. The van der Waals surface area contributed by atoms with Crippen LogP contribution in [-0.4, -0.2) is 56.9 Å². The standard InChI is InChI=1S/C20H25N7O/c1-4-14-11-26(3)12-17(14)24-20(28)25-19-8-15-9-23-27(18(15)10-22-19)16-5-6-21-13(2)7-16/h5-10,14,17H,4,11-12H2,1-3H3,(H2,22,24,25,28)/t14-,17-/m1/s1. The summed E-state index contributed by atoms with van der Waals surface area (Å²) in [6.45, 7) is 5.99. The normalized spacial score (nSPS) is 19.8. The summed E-state index contributed by atoms with van der Waals surface area (Å²) in [5.74, 6) is 0.989. The van der Waals surface area contributed by atoms with Crippen molar-refractivity contribution in [3.8, 4) is 5.69 Å². The maximum Gasteiger partial charge on any atom is 0.320 e. The molecule has 0 bridgehead atoms. The zero-order valence-corrected chi connectivity index (χ0v) is 16.4. The highest BCUT2D eigenvalue weighted by Crippen LogP contribution is 2.21. The Morgan fingerprint density at radius 2 is 2.11 bits per heavy atom. The largest absolute Gasteiger partial charge is 0.333 e. The molecule has 28 heavy (non-hydrogen) atoms. The van der Waals surface area contributed by atoms with Gasteiger partial charge in [-0.05, 0) is 38.1 Å². The second kappa shape index (κ2) is 7.55. The lowest BCUT2D eigenvalue weighted by Gasteiger charge is -2.18. The minimum atomic E-state index is -0.220. The molecule has 2 amide bonds. The molecule has 8 heteroatoms. The van der Waals surface area contributed by atoms with Crippen LogP contribution in [0, 0.1) is 12.8 Å². The Kier molecular flexibility index (Phi) is 4.95. The number of urea groups is 1. The smallest absolute Gasteiger partial charge is 0.320 e. The highest BCUT2D eigenvalue weighted by molar-refractivity contribution is 5.91. The molecule has 3 aromatic heterocycles. The fraction of sp³-hybridized carbons (Fsp3) is 0.400. The van der Waals surface area contributed by atoms with Crippen molar-refractivity contribution >= 4 is 22.8 Å². The third-order valence-electron chi connectivity index (χ3n) is 5.29. The number of aromatic nitrogens is 4. The van der Waals surface area contributed by atoms with Gasteiger partial charge in [0.15, 0.2) is 0 Å². The second-order valence-corrected chi connectivity index (χ2v) is 7.43. The number of amides is 2. The van der Waals surface area contributed by atoms with Crippen LogP contribution in [0.1, 0.15) is 19.0 Å². The molecule has 1 aliphatic heterocycles. The lowest BCUT2D eigenvalue weighted by molar-refractivity contribution is 0.245. The molecule has 1 fully saturated rings. The Labute approximate surface area is 164 Å². The van der Waals surface area contributed by atoms with Gasteiger partial charge in [0.1, 0.15) is 5.82 Å². The van der Waals surface area contributed by atoms with E-state index < -0.39 is 0 Å². The first kappa shape index (κ1) is 18.4. The quantitative estimate of drug-likeness (QED) is 0.727. The van der Waals surface area contributed by atoms with Crippen molar-refractivity contribution in [3.63, 3.8) is 0 Å². The molecule has 0 aromatic carbocycles. The molecular weight excluding hydrogens is 354 g/mol. The van der Waals surface area contributed by atoms with Crippen molar-refractivity contribution in [2.45, 2.75) is 26.3 Å². The summed E-state index contributed by atoms with van der Waals surface area (Å²) in [7, 11) is 2.08. The highest BCUT2D eigenvalue weighted by atomic mass is 16.2. The van der Waals surface area contributed by atoms with Crippen molar-refractivity contribution in [3.05, 3.63) is 42.5 Å². The number of carbonyl (C=O) groups is 1. The Balaban J connectivity index is 1.49. The van der Waals surface area contributed by atoms with Gasteiger partial charge in [0.25, 0.3) is 0 Å². The summed E-state index contributed by atoms with van der Waals surface area (Å²) in [6.07, 6.45) is 6.31. The van der Waals surface area contributed by atoms with E-state index in [0.29, 0.717) is 11.7 Å². The van der Waals surface area contributed by atoms with Crippen molar-refractivity contribution in [1.29, 1.82) is 0 Å². The Morgan fingerprint density at radius 1 is 1.25 bits per heavy atom. The van der Waals surface area contributed by atoms with E-state index in [-0.39, 0.29) is 12.1 Å². The molecule has 0 unspecified atom stereocenters. The van der Waals surface area contributed by atoms with E-state index >= 15 is 0 Å². The van der Waals surface area contributed by atoms with Crippen molar-refractivity contribution < 1.29 is 4.79 Å². The third kappa shape index (κ3) is 3.68. The molecule has 4 heterocycles. The minimum absolute atomic E-state index is 0.163. The summed E-state index contributed by atoms with van der Waals surface area (Å²) in [6, 6.07) is 5.65. The molecule has 3 aromatic rings. The van der Waals surface area contributed by atoms with Crippen LogP contribution < -0.4 is 10.6 Å². The first-order valence-electron chi connectivity index (χ1n) is 9.56. The number of likely N-dealkylation sites (N-methyl/N-ethyl adjacent to an activating group) is 1. The van der Waals surface area contributed by atoms with Gasteiger partial charge >= 0.3 is 6.03 Å². The van der Waals surface area contributed by atoms with E-state index in [1.165, 1.54) is 0 Å². The number of pyridine rings is 2. The van der Waals surface area contributed by atoms with Gasteiger partial charge in [0.05, 0.1) is 23.6 Å². The van der Waals surface area contributed by atoms with E-state index in [1.54, 1.807) is 18.6 Å². The van der Waals surface area contributed by atoms with Gasteiger partial charge < -0.3 is 10.2 Å². The fourth-order valence-electron chi connectivity index (χ4n) is 3.85. The number of aryl methyl sites for hydroxylation is 1. The number of nitrogens with one attached hydrogen (secondary N) is 2. The van der Waals surface area contributed by atoms with Crippen LogP contribution in [0.4, 0.5) is 10.6 Å². The molecule has 4 rings (SSSR count). The van der Waals surface area contributed by atoms with Crippen molar-refractivity contribution in [2.75, 3.05) is 25.5 Å². The molecule has 2 N–H and O–H groups in total. The summed E-state index contributed by atoms with van der Waals surface area (Å²) < 4.78 is 1.82. The van der Waals surface area contributed by atoms with Gasteiger partial charge in [-0.25, -0.2) is 14.5 Å². The van der Waals surface area contributed by atoms with Gasteiger partial charge in [-0.3, -0.25) is 10.3 Å². The monoisotopic (exact) mass is 379 g/mol. The van der Waals surface area contributed by atoms with Gasteiger partial charge in [0, 0.05) is 36.4 Å². The second-order valence-electron chi connectivity index (χ2n) is 7.43. The van der Waals surface area contributed by atoms with Crippen LogP contribution in [0.2, 0.25) is 0 Å². The first-order chi connectivity index (χ1) is 13.5. The number of nitrogens with zero attached hydrogens (tertiary/aromatic N) is 5. The van der Waals surface area contributed by atoms with Crippen LogP contribution >= 0.6 is 0 Å². The van der Waals surface area contributed by atoms with Crippen molar-refractivity contribution in [2.24, 2.45) is 5.92 Å². The number of anilines is 1. The molecule has 146 valence electrons. The number of hydrogen-bond donors (Lipinski definition) is 2. The molecule has 1 aliphatic rings. The minimum Gasteiger partial charge on any atom is -0.333 e. The molecule has 0 saturated carbocycles. The summed E-state index contributed by atoms with van der Waals surface area (Å²) in [5, 5.41) is 11.3. The molecule has 8 nitrogen and oxygen atoms in total. The van der Waals surface area contributed by atoms with E-state index in [1.807, 2.05) is 29.8 Å². The van der Waals surface area contributed by atoms with E-state index in [9.17, 15) is 4.79 Å². The molecule has 0 aliphatic carbocycles. The van der Waals surface area contributed by atoms with Crippen LogP contribution in [0.5, 0.6) is 0 Å². The summed E-state index contributed by atoms with van der Waals surface area (Å²) in [5.41, 5.74) is 2.73. The van der Waals surface area contributed by atoms with Gasteiger partial charge in [-0.2, -0.15) is 5.10 Å².